The summed E-state index contributed by atoms with van der Waals surface area (Å²) in [6.07, 6.45) is 1.67. The lowest BCUT2D eigenvalue weighted by Gasteiger charge is -2.32. The van der Waals surface area contributed by atoms with Crippen LogP contribution in [-0.4, -0.2) is 49.9 Å². The number of ether oxygens (including phenoxy) is 1. The Bertz CT molecular complexity index is 892. The molecule has 1 atom stereocenters. The Labute approximate surface area is 170 Å². The predicted octanol–water partition coefficient (Wildman–Crippen LogP) is 2.67. The standard InChI is InChI=1S/C21H23N5O3/c1-15(27)24-12-18-13-26(19(28)29-18)17-6-4-16(5-7-17)25-10-8-20(9-11-25)14-21(20,22-2)23-3/h4-7,18H,8-14H2,1H3,(H,24,27)/t18-/m0/s1. The predicted molar refractivity (Wildman–Crippen MR) is 107 cm³/mol. The molecule has 1 spiro atoms. The molecule has 2 aliphatic heterocycles. The van der Waals surface area contributed by atoms with Crippen LogP contribution in [0.2, 0.25) is 0 Å². The number of piperidine rings is 1. The number of anilines is 2. The van der Waals surface area contributed by atoms with Crippen LogP contribution in [0.15, 0.2) is 24.3 Å². The Hall–Kier alpha value is -3.26. The van der Waals surface area contributed by atoms with Crippen molar-refractivity contribution in [2.24, 2.45) is 5.41 Å². The van der Waals surface area contributed by atoms with Crippen molar-refractivity contribution in [2.75, 3.05) is 36.0 Å². The molecule has 1 aromatic rings. The van der Waals surface area contributed by atoms with Gasteiger partial charge in [-0.15, -0.1) is 0 Å². The molecule has 29 heavy (non-hydrogen) atoms. The van der Waals surface area contributed by atoms with Crippen molar-refractivity contribution in [3.8, 4) is 0 Å². The molecule has 0 bridgehead atoms. The molecule has 3 fully saturated rings. The van der Waals surface area contributed by atoms with Crippen molar-refractivity contribution in [3.05, 3.63) is 47.1 Å². The average Bonchev–Trinajstić information content (AvgIpc) is 3.19. The van der Waals surface area contributed by atoms with E-state index in [0.717, 1.165) is 37.3 Å². The van der Waals surface area contributed by atoms with Gasteiger partial charge >= 0.3 is 11.8 Å². The highest BCUT2D eigenvalue weighted by molar-refractivity contribution is 5.90. The van der Waals surface area contributed by atoms with Crippen LogP contribution in [0.5, 0.6) is 0 Å². The van der Waals surface area contributed by atoms with Crippen LogP contribution >= 0.6 is 0 Å². The normalized spacial score (nSPS) is 23.8. The number of hydrogen-bond donors (Lipinski definition) is 1. The van der Waals surface area contributed by atoms with Gasteiger partial charge in [0.1, 0.15) is 17.9 Å². The molecule has 1 aromatic carbocycles. The van der Waals surface area contributed by atoms with E-state index in [4.69, 9.17) is 17.9 Å². The molecule has 0 aromatic heterocycles. The van der Waals surface area contributed by atoms with Gasteiger partial charge in [0, 0.05) is 31.4 Å². The number of nitrogens with one attached hydrogen (secondary N) is 1. The van der Waals surface area contributed by atoms with Gasteiger partial charge in [-0.25, -0.2) is 27.6 Å². The summed E-state index contributed by atoms with van der Waals surface area (Å²) in [7, 11) is 0. The van der Waals surface area contributed by atoms with Crippen LogP contribution in [0.4, 0.5) is 16.2 Å². The summed E-state index contributed by atoms with van der Waals surface area (Å²) in [5, 5.41) is 2.67. The summed E-state index contributed by atoms with van der Waals surface area (Å²) < 4.78 is 5.31. The van der Waals surface area contributed by atoms with Crippen molar-refractivity contribution >= 4 is 23.4 Å². The Morgan fingerprint density at radius 1 is 1.21 bits per heavy atom. The summed E-state index contributed by atoms with van der Waals surface area (Å²) in [5.74, 6) is -0.150. The molecule has 3 aliphatic rings. The Kier molecular flexibility index (Phi) is 4.58. The van der Waals surface area contributed by atoms with E-state index in [1.807, 2.05) is 24.3 Å². The summed E-state index contributed by atoms with van der Waals surface area (Å²) in [6, 6.07) is 7.79. The number of hydrogen-bond acceptors (Lipinski definition) is 4. The first-order chi connectivity index (χ1) is 13.9. The molecule has 1 N–H and O–H groups in total. The van der Waals surface area contributed by atoms with Crippen molar-refractivity contribution < 1.29 is 14.3 Å². The van der Waals surface area contributed by atoms with Gasteiger partial charge in [0.05, 0.1) is 13.1 Å². The molecule has 8 heteroatoms. The molecule has 150 valence electrons. The fraction of sp³-hybridized carbons (Fsp3) is 0.524. The molecular weight excluding hydrogens is 370 g/mol. The van der Waals surface area contributed by atoms with Gasteiger partial charge < -0.3 is 15.0 Å². The highest BCUT2D eigenvalue weighted by Crippen LogP contribution is 2.66. The largest absolute Gasteiger partial charge is 0.489 e. The summed E-state index contributed by atoms with van der Waals surface area (Å²) in [5.41, 5.74) is 0.907. The average molecular weight is 393 g/mol. The maximum Gasteiger partial charge on any atom is 0.489 e. The van der Waals surface area contributed by atoms with E-state index in [9.17, 15) is 9.59 Å². The number of carbonyl (C=O) groups excluding carboxylic acids is 2. The zero-order chi connectivity index (χ0) is 20.6. The third-order valence-electron chi connectivity index (χ3n) is 6.38. The second kappa shape index (κ2) is 6.97. The smallest absolute Gasteiger partial charge is 0.442 e. The summed E-state index contributed by atoms with van der Waals surface area (Å²) in [6.45, 7) is 18.5. The summed E-state index contributed by atoms with van der Waals surface area (Å²) >= 11 is 0. The maximum atomic E-state index is 12.1. The molecule has 2 heterocycles. The lowest BCUT2D eigenvalue weighted by atomic mass is 9.91. The third-order valence-corrected chi connectivity index (χ3v) is 6.38. The van der Waals surface area contributed by atoms with Crippen molar-refractivity contribution in [3.63, 3.8) is 0 Å². The molecule has 0 radical (unpaired) electrons. The Morgan fingerprint density at radius 3 is 2.38 bits per heavy atom. The molecule has 0 unspecified atom stereocenters. The zero-order valence-corrected chi connectivity index (χ0v) is 16.4. The van der Waals surface area contributed by atoms with Crippen molar-refractivity contribution in [1.82, 2.24) is 5.32 Å². The monoisotopic (exact) mass is 393 g/mol. The van der Waals surface area contributed by atoms with Crippen LogP contribution in [0, 0.1) is 18.6 Å². The van der Waals surface area contributed by atoms with Gasteiger partial charge in [-0.2, -0.15) is 0 Å². The highest BCUT2D eigenvalue weighted by atomic mass is 16.6. The minimum absolute atomic E-state index is 0.116. The van der Waals surface area contributed by atoms with Crippen LogP contribution in [-0.2, 0) is 9.53 Å². The maximum absolute atomic E-state index is 12.1. The van der Waals surface area contributed by atoms with Gasteiger partial charge in [-0.1, -0.05) is 0 Å². The van der Waals surface area contributed by atoms with Crippen LogP contribution in [0.25, 0.3) is 9.69 Å². The van der Waals surface area contributed by atoms with E-state index in [0.29, 0.717) is 19.5 Å². The van der Waals surface area contributed by atoms with Gasteiger partial charge in [-0.3, -0.25) is 9.69 Å². The SMILES string of the molecule is [C-]#[N+]C1([N+]#[C-])CC12CCN(c1ccc(N3C[C@H](CNC(C)=O)OC3=O)cc1)CC2. The number of amides is 2. The zero-order valence-electron chi connectivity index (χ0n) is 16.4. The van der Waals surface area contributed by atoms with E-state index in [1.165, 1.54) is 6.92 Å². The lowest BCUT2D eigenvalue weighted by molar-refractivity contribution is -0.119. The quantitative estimate of drug-likeness (QED) is 0.799. The number of rotatable bonds is 4. The highest BCUT2D eigenvalue weighted by Gasteiger charge is 2.83. The van der Waals surface area contributed by atoms with Crippen LogP contribution < -0.4 is 15.1 Å². The van der Waals surface area contributed by atoms with Crippen LogP contribution in [0.3, 0.4) is 0 Å². The van der Waals surface area contributed by atoms with E-state index in [2.05, 4.69) is 19.9 Å². The molecule has 2 saturated heterocycles. The molecule has 2 amide bonds. The lowest BCUT2D eigenvalue weighted by Crippen LogP contribution is -2.36. The fourth-order valence-electron chi connectivity index (χ4n) is 4.48. The van der Waals surface area contributed by atoms with Crippen LogP contribution in [0.1, 0.15) is 26.2 Å². The van der Waals surface area contributed by atoms with E-state index < -0.39 is 11.8 Å². The van der Waals surface area contributed by atoms with Crippen molar-refractivity contribution in [2.45, 2.75) is 38.0 Å². The second-order valence-electron chi connectivity index (χ2n) is 8.05. The number of nitrogens with zero attached hydrogens (tertiary/aromatic N) is 4. The Balaban J connectivity index is 1.36. The van der Waals surface area contributed by atoms with Gasteiger partial charge in [0.2, 0.25) is 5.91 Å². The number of benzene rings is 1. The van der Waals surface area contributed by atoms with E-state index in [1.54, 1.807) is 4.90 Å². The number of carbonyl (C=O) groups is 2. The van der Waals surface area contributed by atoms with Gasteiger partial charge in [0.25, 0.3) is 0 Å². The minimum Gasteiger partial charge on any atom is -0.442 e. The van der Waals surface area contributed by atoms with Gasteiger partial charge in [-0.05, 0) is 37.1 Å². The first-order valence-corrected chi connectivity index (χ1v) is 9.77. The first kappa shape index (κ1) is 19.1. The van der Waals surface area contributed by atoms with Gasteiger partial charge in [0.15, 0.2) is 0 Å². The molecule has 8 nitrogen and oxygen atoms in total. The fourth-order valence-corrected chi connectivity index (χ4v) is 4.48. The topological polar surface area (TPSA) is 70.6 Å². The Morgan fingerprint density at radius 2 is 1.83 bits per heavy atom. The molecule has 1 saturated carbocycles. The molecule has 4 rings (SSSR count). The van der Waals surface area contributed by atoms with Crippen molar-refractivity contribution in [1.29, 1.82) is 0 Å². The molecular formula is C21H23N5O3. The summed E-state index contributed by atoms with van der Waals surface area (Å²) in [4.78, 5) is 34.3. The second-order valence-corrected chi connectivity index (χ2v) is 8.05. The third kappa shape index (κ3) is 3.25. The van der Waals surface area contributed by atoms with E-state index >= 15 is 0 Å². The number of cyclic esters (lactones) is 1. The minimum atomic E-state index is -0.813. The van der Waals surface area contributed by atoms with E-state index in [-0.39, 0.29) is 17.4 Å². The first-order valence-electron chi connectivity index (χ1n) is 9.77. The molecule has 1 aliphatic carbocycles.